The van der Waals surface area contributed by atoms with Gasteiger partial charge in [-0.05, 0) is 81.4 Å². The molecule has 3 rings (SSSR count). The number of rotatable bonds is 12. The number of carbonyl (C=O) groups excluding carboxylic acids is 5. The molecule has 0 radical (unpaired) electrons. The summed E-state index contributed by atoms with van der Waals surface area (Å²) in [6.45, 7) is 16.8. The van der Waals surface area contributed by atoms with E-state index < -0.39 is 87.0 Å². The maximum Gasteiger partial charge on any atom is 0.413 e. The maximum absolute atomic E-state index is 13.8. The van der Waals surface area contributed by atoms with Gasteiger partial charge < -0.3 is 29.7 Å². The predicted molar refractivity (Wildman–Crippen MR) is 185 cm³/mol. The molecule has 0 unspecified atom stereocenters. The number of esters is 1. The second-order valence-electron chi connectivity index (χ2n) is 15.0. The van der Waals surface area contributed by atoms with Crippen LogP contribution in [0.15, 0.2) is 10.5 Å². The number of ether oxygens (including phenoxy) is 3. The summed E-state index contributed by atoms with van der Waals surface area (Å²) in [5.74, 6) is -3.21. The Morgan fingerprint density at radius 2 is 1.53 bits per heavy atom. The SMILES string of the molecule is CC(C)(C)OC(=O)NCc1nnn(C[C@@H]2[C@H](NC(=O)C(=NOC(C)(C)C(=O)OC(C)(C)C)c3csc(NC(=O)OC(C)(C)C)n3)C(=O)N2S(=O)(=O)O)n1. The molecule has 0 spiro atoms. The zero-order valence-electron chi connectivity index (χ0n) is 31.0. The Hall–Kier alpha value is -4.97. The van der Waals surface area contributed by atoms with E-state index in [0.717, 1.165) is 16.1 Å². The quantitative estimate of drug-likeness (QED) is 0.0592. The molecule has 1 saturated heterocycles. The van der Waals surface area contributed by atoms with Crippen LogP contribution in [0.25, 0.3) is 0 Å². The van der Waals surface area contributed by atoms with Gasteiger partial charge in [-0.15, -0.1) is 21.5 Å². The van der Waals surface area contributed by atoms with E-state index in [0.29, 0.717) is 0 Å². The average molecular weight is 789 g/mol. The van der Waals surface area contributed by atoms with Gasteiger partial charge in [-0.25, -0.2) is 23.7 Å². The van der Waals surface area contributed by atoms with Crippen molar-refractivity contribution >= 4 is 62.5 Å². The second kappa shape index (κ2) is 15.6. The monoisotopic (exact) mass is 788 g/mol. The smallest absolute Gasteiger partial charge is 0.413 e. The highest BCUT2D eigenvalue weighted by Crippen LogP contribution is 2.26. The fraction of sp³-hybridized carbons (Fsp3) is 0.655. The van der Waals surface area contributed by atoms with Gasteiger partial charge in [0.1, 0.15) is 34.6 Å². The van der Waals surface area contributed by atoms with Crippen molar-refractivity contribution in [1.29, 1.82) is 0 Å². The summed E-state index contributed by atoms with van der Waals surface area (Å²) in [4.78, 5) is 74.5. The standard InChI is InChI=1S/C29H44N10O12S2/c1-26(2,3)48-22(42)29(10,11)51-36-18(15-14-52-23(31-15)33-25(44)50-28(7,8)9)20(40)32-19-16(39(21(19)41)53(45,46)47)13-38-35-17(34-37-38)12-30-24(43)49-27(4,5)6/h14,16,19H,12-13H2,1-11H3,(H,30,43)(H,32,40)(H,31,33,44)(H,45,46,47)/t16-,19+/m1/s1. The highest BCUT2D eigenvalue weighted by atomic mass is 32.2. The molecule has 1 aliphatic heterocycles. The van der Waals surface area contributed by atoms with Crippen molar-refractivity contribution in [3.63, 3.8) is 0 Å². The Bertz CT molecular complexity index is 1850. The van der Waals surface area contributed by atoms with Crippen molar-refractivity contribution in [2.45, 2.75) is 124 Å². The van der Waals surface area contributed by atoms with Gasteiger partial charge in [0.05, 0.1) is 13.1 Å². The zero-order valence-corrected chi connectivity index (χ0v) is 32.7. The lowest BCUT2D eigenvalue weighted by Crippen LogP contribution is -2.73. The molecular weight excluding hydrogens is 745 g/mol. The third-order valence-electron chi connectivity index (χ3n) is 6.16. The molecule has 2 atom stereocenters. The number of hydrogen-bond acceptors (Lipinski definition) is 17. The number of β-lactam (4-membered cyclic amide) rings is 1. The number of thiazole rings is 1. The van der Waals surface area contributed by atoms with E-state index in [9.17, 15) is 36.9 Å². The highest BCUT2D eigenvalue weighted by Gasteiger charge is 2.55. The van der Waals surface area contributed by atoms with Crippen LogP contribution in [-0.2, 0) is 56.8 Å². The minimum atomic E-state index is -5.13. The predicted octanol–water partition coefficient (Wildman–Crippen LogP) is 1.54. The van der Waals surface area contributed by atoms with Crippen LogP contribution in [0.4, 0.5) is 14.7 Å². The molecule has 2 aromatic rings. The summed E-state index contributed by atoms with van der Waals surface area (Å²) in [7, 11) is -5.13. The normalized spacial score (nSPS) is 17.0. The van der Waals surface area contributed by atoms with E-state index in [4.69, 9.17) is 19.0 Å². The van der Waals surface area contributed by atoms with Crippen molar-refractivity contribution in [2.24, 2.45) is 5.16 Å². The molecule has 1 aliphatic rings. The molecule has 0 aromatic carbocycles. The van der Waals surface area contributed by atoms with Crippen molar-refractivity contribution < 1.29 is 56.0 Å². The zero-order chi connectivity index (χ0) is 40.3. The van der Waals surface area contributed by atoms with E-state index in [1.807, 2.05) is 0 Å². The number of alkyl carbamates (subject to hydrolysis) is 1. The lowest BCUT2D eigenvalue weighted by atomic mass is 9.98. The Kier molecular flexibility index (Phi) is 12.5. The Balaban J connectivity index is 1.89. The fourth-order valence-electron chi connectivity index (χ4n) is 4.04. The Morgan fingerprint density at radius 3 is 2.09 bits per heavy atom. The van der Waals surface area contributed by atoms with E-state index in [1.54, 1.807) is 62.3 Å². The van der Waals surface area contributed by atoms with Gasteiger partial charge in [-0.2, -0.15) is 13.2 Å². The molecule has 22 nitrogen and oxygen atoms in total. The molecular formula is C29H44N10O12S2. The number of aromatic nitrogens is 5. The van der Waals surface area contributed by atoms with Gasteiger partial charge in [0.25, 0.3) is 11.8 Å². The molecule has 0 saturated carbocycles. The minimum Gasteiger partial charge on any atom is -0.457 e. The van der Waals surface area contributed by atoms with Gasteiger partial charge in [0, 0.05) is 5.38 Å². The molecule has 0 aliphatic carbocycles. The van der Waals surface area contributed by atoms with Crippen LogP contribution in [0, 0.1) is 0 Å². The number of anilines is 1. The van der Waals surface area contributed by atoms with E-state index in [1.165, 1.54) is 19.2 Å². The first kappa shape index (κ1) is 42.4. The summed E-state index contributed by atoms with van der Waals surface area (Å²) in [5, 5.41) is 24.0. The molecule has 4 N–H and O–H groups in total. The van der Waals surface area contributed by atoms with E-state index >= 15 is 0 Å². The summed E-state index contributed by atoms with van der Waals surface area (Å²) in [6, 6.07) is -3.09. The maximum atomic E-state index is 13.8. The summed E-state index contributed by atoms with van der Waals surface area (Å²) in [5.41, 5.74) is -5.03. The molecule has 24 heteroatoms. The van der Waals surface area contributed by atoms with Crippen LogP contribution < -0.4 is 16.0 Å². The number of tetrazole rings is 1. The summed E-state index contributed by atoms with van der Waals surface area (Å²) < 4.78 is 49.9. The fourth-order valence-corrected chi connectivity index (χ4v) is 5.59. The molecule has 2 aromatic heterocycles. The number of carbonyl (C=O) groups is 5. The van der Waals surface area contributed by atoms with Gasteiger partial charge in [0.2, 0.25) is 5.60 Å². The molecule has 0 bridgehead atoms. The number of nitrogens with zero attached hydrogens (tertiary/aromatic N) is 7. The van der Waals surface area contributed by atoms with Crippen LogP contribution in [0.3, 0.4) is 0 Å². The third kappa shape index (κ3) is 12.6. The summed E-state index contributed by atoms with van der Waals surface area (Å²) >= 11 is 0.873. The second-order valence-corrected chi connectivity index (χ2v) is 17.1. The van der Waals surface area contributed by atoms with Gasteiger partial charge in [0.15, 0.2) is 16.7 Å². The van der Waals surface area contributed by atoms with Gasteiger partial charge in [-0.3, -0.25) is 19.5 Å². The molecule has 3 heterocycles. The first-order valence-electron chi connectivity index (χ1n) is 15.9. The molecule has 1 fully saturated rings. The largest absolute Gasteiger partial charge is 0.457 e. The van der Waals surface area contributed by atoms with Gasteiger partial charge >= 0.3 is 28.5 Å². The van der Waals surface area contributed by atoms with Crippen LogP contribution in [0.1, 0.15) is 87.7 Å². The lowest BCUT2D eigenvalue weighted by Gasteiger charge is -2.43. The molecule has 53 heavy (non-hydrogen) atoms. The Labute approximate surface area is 309 Å². The van der Waals surface area contributed by atoms with Crippen molar-refractivity contribution in [3.05, 3.63) is 16.9 Å². The van der Waals surface area contributed by atoms with Crippen molar-refractivity contribution in [1.82, 2.24) is 40.1 Å². The molecule has 294 valence electrons. The lowest BCUT2D eigenvalue weighted by molar-refractivity contribution is -0.179. The number of amides is 4. The minimum absolute atomic E-state index is 0.0148. The van der Waals surface area contributed by atoms with E-state index in [-0.39, 0.29) is 27.5 Å². The Morgan fingerprint density at radius 1 is 0.943 bits per heavy atom. The average Bonchev–Trinajstić information content (AvgIpc) is 3.60. The van der Waals surface area contributed by atoms with Crippen LogP contribution >= 0.6 is 11.3 Å². The van der Waals surface area contributed by atoms with Crippen LogP contribution in [0.2, 0.25) is 0 Å². The summed E-state index contributed by atoms with van der Waals surface area (Å²) in [6.07, 6.45) is -1.61. The highest BCUT2D eigenvalue weighted by molar-refractivity contribution is 7.84. The topological polar surface area (TPSA) is 285 Å². The van der Waals surface area contributed by atoms with Crippen molar-refractivity contribution in [3.8, 4) is 0 Å². The van der Waals surface area contributed by atoms with Crippen molar-refractivity contribution in [2.75, 3.05) is 5.32 Å². The molecule has 4 amide bonds. The van der Waals surface area contributed by atoms with E-state index in [2.05, 4.69) is 41.5 Å². The first-order valence-corrected chi connectivity index (χ1v) is 18.1. The van der Waals surface area contributed by atoms with Gasteiger partial charge in [-0.1, -0.05) is 5.16 Å². The number of nitrogens with one attached hydrogen (secondary N) is 3. The first-order chi connectivity index (χ1) is 24.0. The van der Waals surface area contributed by atoms with Crippen LogP contribution in [0.5, 0.6) is 0 Å². The number of hydrogen-bond donors (Lipinski definition) is 4. The third-order valence-corrected chi connectivity index (χ3v) is 7.87. The van der Waals surface area contributed by atoms with Crippen LogP contribution in [-0.4, -0.2) is 113 Å². The number of oxime groups is 1.